The van der Waals surface area contributed by atoms with Gasteiger partial charge in [-0.15, -0.1) is 0 Å². The van der Waals surface area contributed by atoms with Gasteiger partial charge >= 0.3 is 5.69 Å². The predicted molar refractivity (Wildman–Crippen MR) is 181 cm³/mol. The molecule has 0 saturated carbocycles. The summed E-state index contributed by atoms with van der Waals surface area (Å²) in [5.41, 5.74) is 3.35. The van der Waals surface area contributed by atoms with Crippen LogP contribution in [-0.4, -0.2) is 58.6 Å². The summed E-state index contributed by atoms with van der Waals surface area (Å²) in [5, 5.41) is 48.4. The Balaban J connectivity index is 1.67. The normalized spacial score (nSPS) is 16.3. The number of nitrogens with zero attached hydrogens (tertiary/aromatic N) is 5. The van der Waals surface area contributed by atoms with Gasteiger partial charge in [-0.2, -0.15) is 10.5 Å². The summed E-state index contributed by atoms with van der Waals surface area (Å²) in [6, 6.07) is 22.3. The van der Waals surface area contributed by atoms with E-state index in [1.165, 1.54) is 24.6 Å². The highest BCUT2D eigenvalue weighted by molar-refractivity contribution is 5.98. The van der Waals surface area contributed by atoms with Crippen molar-refractivity contribution < 1.29 is 14.8 Å². The maximum absolute atomic E-state index is 14.6. The van der Waals surface area contributed by atoms with E-state index in [4.69, 9.17) is 0 Å². The van der Waals surface area contributed by atoms with Crippen LogP contribution < -0.4 is 10.6 Å². The fraction of sp³-hybridized carbons (Fsp3) is 0.378. The lowest BCUT2D eigenvalue weighted by molar-refractivity contribution is -0.385. The van der Waals surface area contributed by atoms with Gasteiger partial charge in [-0.25, -0.2) is 0 Å². The molecule has 3 aromatic rings. The summed E-state index contributed by atoms with van der Waals surface area (Å²) >= 11 is 0. The minimum Gasteiger partial charge on any atom is -0.502 e. The molecule has 3 aromatic carbocycles. The number of carbonyl (C=O) groups excluding carboxylic acids is 1. The first-order valence-electron chi connectivity index (χ1n) is 16.3. The average Bonchev–Trinajstić information content (AvgIpc) is 3.62. The monoisotopic (exact) mass is 647 g/mol. The largest absolute Gasteiger partial charge is 0.502 e. The number of nitrogens with one attached hydrogen (secondary N) is 2. The zero-order valence-corrected chi connectivity index (χ0v) is 27.5. The number of carbonyl (C=O) groups is 1. The fourth-order valence-electron chi connectivity index (χ4n) is 7.13. The van der Waals surface area contributed by atoms with Crippen molar-refractivity contribution in [3.05, 3.63) is 115 Å². The maximum atomic E-state index is 14.6. The lowest BCUT2D eigenvalue weighted by Crippen LogP contribution is -2.52. The van der Waals surface area contributed by atoms with E-state index in [-0.39, 0.29) is 17.7 Å². The minimum absolute atomic E-state index is 0.0266. The highest BCUT2D eigenvalue weighted by Gasteiger charge is 2.48. The molecule has 48 heavy (non-hydrogen) atoms. The van der Waals surface area contributed by atoms with E-state index in [0.717, 1.165) is 60.3 Å². The molecule has 2 aliphatic heterocycles. The molecule has 2 heterocycles. The number of benzene rings is 3. The number of nitro groups is 1. The van der Waals surface area contributed by atoms with Crippen LogP contribution in [-0.2, 0) is 29.8 Å². The van der Waals surface area contributed by atoms with Gasteiger partial charge in [0.2, 0.25) is 0 Å². The van der Waals surface area contributed by atoms with Gasteiger partial charge in [-0.05, 0) is 74.5 Å². The number of amides is 1. The first kappa shape index (κ1) is 34.3. The smallest absolute Gasteiger partial charge is 0.311 e. The summed E-state index contributed by atoms with van der Waals surface area (Å²) in [6.45, 7) is 8.34. The van der Waals surface area contributed by atoms with E-state index in [1.807, 2.05) is 38.1 Å². The Hall–Kier alpha value is -5.07. The number of rotatable bonds is 11. The summed E-state index contributed by atoms with van der Waals surface area (Å²) < 4.78 is 0. The Morgan fingerprint density at radius 1 is 0.979 bits per heavy atom. The lowest BCUT2D eigenvalue weighted by atomic mass is 9.73. The molecule has 2 aliphatic rings. The van der Waals surface area contributed by atoms with E-state index in [9.17, 15) is 30.5 Å². The Bertz CT molecular complexity index is 1760. The summed E-state index contributed by atoms with van der Waals surface area (Å²) in [5.74, 6) is -1.10. The average molecular weight is 648 g/mol. The van der Waals surface area contributed by atoms with Crippen molar-refractivity contribution in [2.45, 2.75) is 58.2 Å². The topological polar surface area (TPSA) is 159 Å². The molecule has 0 spiro atoms. The van der Waals surface area contributed by atoms with E-state index >= 15 is 0 Å². The van der Waals surface area contributed by atoms with Crippen LogP contribution in [0.3, 0.4) is 0 Å². The van der Waals surface area contributed by atoms with Crippen molar-refractivity contribution in [3.63, 3.8) is 0 Å². The summed E-state index contributed by atoms with van der Waals surface area (Å²) in [4.78, 5) is 29.9. The number of aromatic hydroxyl groups is 1. The second-order valence-corrected chi connectivity index (χ2v) is 12.7. The number of phenolic OH excluding ortho intramolecular Hbond substituents is 1. The van der Waals surface area contributed by atoms with Crippen LogP contribution in [0.25, 0.3) is 0 Å². The van der Waals surface area contributed by atoms with Gasteiger partial charge in [0.25, 0.3) is 5.91 Å². The molecule has 1 atom stereocenters. The van der Waals surface area contributed by atoms with Gasteiger partial charge in [0.1, 0.15) is 17.7 Å². The molecule has 3 N–H and O–H groups in total. The number of hydrogen-bond acceptors (Lipinski definition) is 9. The molecule has 1 unspecified atom stereocenters. The van der Waals surface area contributed by atoms with Crippen LogP contribution in [0.15, 0.2) is 71.8 Å². The van der Waals surface area contributed by atoms with Crippen LogP contribution in [0.4, 0.5) is 5.69 Å². The quantitative estimate of drug-likeness (QED) is 0.114. The van der Waals surface area contributed by atoms with E-state index < -0.39 is 27.8 Å². The van der Waals surface area contributed by atoms with Crippen molar-refractivity contribution in [2.75, 3.05) is 32.8 Å². The molecule has 0 aromatic heterocycles. The molecule has 2 saturated heterocycles. The van der Waals surface area contributed by atoms with E-state index in [2.05, 4.69) is 50.8 Å². The molecule has 11 heteroatoms. The number of likely N-dealkylation sites (tertiary alicyclic amines) is 1. The van der Waals surface area contributed by atoms with Crippen molar-refractivity contribution in [2.24, 2.45) is 0 Å². The van der Waals surface area contributed by atoms with Crippen molar-refractivity contribution in [1.29, 1.82) is 10.5 Å². The van der Waals surface area contributed by atoms with E-state index in [1.54, 1.807) is 0 Å². The fourth-order valence-corrected chi connectivity index (χ4v) is 7.13. The second kappa shape index (κ2) is 15.2. The predicted octanol–water partition coefficient (Wildman–Crippen LogP) is 4.86. The van der Waals surface area contributed by atoms with Gasteiger partial charge in [0, 0.05) is 38.9 Å². The molecule has 0 aliphatic carbocycles. The second-order valence-electron chi connectivity index (χ2n) is 12.7. The van der Waals surface area contributed by atoms with Crippen molar-refractivity contribution in [1.82, 2.24) is 20.4 Å². The first-order chi connectivity index (χ1) is 23.1. The minimum atomic E-state index is -1.23. The zero-order chi connectivity index (χ0) is 34.3. The Morgan fingerprint density at radius 2 is 1.71 bits per heavy atom. The number of phenols is 1. The number of hydrogen-bond donors (Lipinski definition) is 3. The Labute approximate surface area is 281 Å². The van der Waals surface area contributed by atoms with Crippen LogP contribution in [0.2, 0.25) is 0 Å². The van der Waals surface area contributed by atoms with Crippen LogP contribution in [0.5, 0.6) is 5.75 Å². The Kier molecular flexibility index (Phi) is 10.9. The molecule has 0 radical (unpaired) electrons. The molecular formula is C37H41N7O4. The zero-order valence-electron chi connectivity index (χ0n) is 27.5. The molecular weight excluding hydrogens is 606 g/mol. The third-order valence-electron chi connectivity index (χ3n) is 9.21. The third kappa shape index (κ3) is 7.56. The number of nitriles is 2. The van der Waals surface area contributed by atoms with E-state index in [0.29, 0.717) is 31.7 Å². The molecule has 11 nitrogen and oxygen atoms in total. The molecule has 1 amide bonds. The lowest BCUT2D eigenvalue weighted by Gasteiger charge is -2.44. The summed E-state index contributed by atoms with van der Waals surface area (Å²) in [6.07, 6.45) is 3.84. The molecule has 5 rings (SSSR count). The summed E-state index contributed by atoms with van der Waals surface area (Å²) in [7, 11) is 0. The number of aryl methyl sites for hydroxylation is 2. The number of piperidine rings is 1. The van der Waals surface area contributed by atoms with Crippen molar-refractivity contribution in [3.8, 4) is 17.9 Å². The molecule has 248 valence electrons. The third-order valence-corrected chi connectivity index (χ3v) is 9.21. The van der Waals surface area contributed by atoms with Crippen LogP contribution >= 0.6 is 0 Å². The van der Waals surface area contributed by atoms with Gasteiger partial charge in [-0.1, -0.05) is 66.1 Å². The number of allylic oxidation sites excluding steroid dienone is 1. The van der Waals surface area contributed by atoms with Gasteiger partial charge < -0.3 is 15.7 Å². The highest BCUT2D eigenvalue weighted by atomic mass is 16.6. The van der Waals surface area contributed by atoms with Gasteiger partial charge in [-0.3, -0.25) is 24.7 Å². The maximum Gasteiger partial charge on any atom is 0.311 e. The number of nitro benzene ring substituents is 1. The van der Waals surface area contributed by atoms with Crippen LogP contribution in [0, 0.1) is 46.6 Å². The Morgan fingerprint density at radius 3 is 2.35 bits per heavy atom. The van der Waals surface area contributed by atoms with Gasteiger partial charge in [0.05, 0.1) is 16.0 Å². The van der Waals surface area contributed by atoms with Crippen LogP contribution in [0.1, 0.15) is 52.6 Å². The SMILES string of the molecule is Cc1cc(C)cc(CC(C(C(=O)NCc2ccc(O)c([N+](=O)[O-])c2)=C(C#N)C#N)(c2cccc(CN3CCCCC3)c2)N2CCNC2)c1. The highest BCUT2D eigenvalue weighted by Crippen LogP contribution is 2.42. The first-order valence-corrected chi connectivity index (χ1v) is 16.3. The molecule has 0 bridgehead atoms. The molecule has 2 fully saturated rings. The standard InChI is InChI=1S/C37H41N7O4/c1-26-15-27(2)17-30(16-26)20-37(43-14-11-40-25-43,32-8-6-7-29(18-32)24-42-12-4-3-5-13-42)35(31(21-38)22-39)36(46)41-23-28-9-10-34(45)33(19-28)44(47)48/h6-10,15-19,40,45H,3-5,11-14,20,23-25H2,1-2H3,(H,41,46). The van der Waals surface area contributed by atoms with Crippen molar-refractivity contribution >= 4 is 11.6 Å². The van der Waals surface area contributed by atoms with Gasteiger partial charge in [0.15, 0.2) is 5.75 Å².